The van der Waals surface area contributed by atoms with Crippen LogP contribution < -0.4 is 10.6 Å². The van der Waals surface area contributed by atoms with Crippen molar-refractivity contribution in [3.63, 3.8) is 0 Å². The molecule has 0 aromatic carbocycles. The maximum absolute atomic E-state index is 5.66. The summed E-state index contributed by atoms with van der Waals surface area (Å²) in [6, 6.07) is 0.511. The lowest BCUT2D eigenvalue weighted by atomic mass is 10.1. The molecule has 27 heavy (non-hydrogen) atoms. The molecule has 0 unspecified atom stereocenters. The first-order chi connectivity index (χ1) is 12.7. The fourth-order valence-electron chi connectivity index (χ4n) is 3.34. The minimum absolute atomic E-state index is 0. The third kappa shape index (κ3) is 10.7. The van der Waals surface area contributed by atoms with Gasteiger partial charge in [0.1, 0.15) is 0 Å². The van der Waals surface area contributed by atoms with Crippen LogP contribution in [-0.4, -0.2) is 75.5 Å². The molecular weight excluding hydrogens is 455 g/mol. The van der Waals surface area contributed by atoms with E-state index in [0.717, 1.165) is 84.2 Å². The Bertz CT molecular complexity index is 449. The van der Waals surface area contributed by atoms with Gasteiger partial charge in [0.25, 0.3) is 0 Å². The van der Waals surface area contributed by atoms with Gasteiger partial charge in [0.2, 0.25) is 0 Å². The van der Waals surface area contributed by atoms with Crippen molar-refractivity contribution >= 4 is 29.9 Å². The molecule has 0 atom stereocenters. The zero-order valence-corrected chi connectivity index (χ0v) is 19.7. The van der Waals surface area contributed by atoms with Gasteiger partial charge in [0.15, 0.2) is 5.96 Å². The molecule has 0 aliphatic carbocycles. The van der Waals surface area contributed by atoms with Gasteiger partial charge in [-0.25, -0.2) is 0 Å². The smallest absolute Gasteiger partial charge is 0.191 e. The number of guanidine groups is 1. The van der Waals surface area contributed by atoms with Crippen LogP contribution in [0.4, 0.5) is 0 Å². The Balaban J connectivity index is 0.00000364. The van der Waals surface area contributed by atoms with E-state index in [1.54, 1.807) is 0 Å². The molecule has 158 valence electrons. The van der Waals surface area contributed by atoms with Gasteiger partial charge in [-0.3, -0.25) is 4.99 Å². The first-order valence-corrected chi connectivity index (χ1v) is 10.3. The third-order valence-electron chi connectivity index (χ3n) is 4.89. The summed E-state index contributed by atoms with van der Waals surface area (Å²) in [5.74, 6) is 0.960. The quantitative estimate of drug-likeness (QED) is 0.224. The van der Waals surface area contributed by atoms with Gasteiger partial charge in [-0.15, -0.1) is 24.0 Å². The first kappa shape index (κ1) is 24.7. The van der Waals surface area contributed by atoms with Gasteiger partial charge in [0.05, 0.1) is 25.9 Å². The van der Waals surface area contributed by atoms with E-state index in [1.807, 2.05) is 0 Å². The maximum Gasteiger partial charge on any atom is 0.191 e. The first-order valence-electron chi connectivity index (χ1n) is 10.3. The summed E-state index contributed by atoms with van der Waals surface area (Å²) in [4.78, 5) is 7.27. The Kier molecular flexibility index (Phi) is 13.3. The maximum atomic E-state index is 5.66. The van der Waals surface area contributed by atoms with E-state index in [2.05, 4.69) is 42.4 Å². The summed E-state index contributed by atoms with van der Waals surface area (Å²) in [5, 5.41) is 7.01. The molecule has 2 aliphatic heterocycles. The number of likely N-dealkylation sites (tertiary alicyclic amines) is 1. The molecule has 1 saturated heterocycles. The summed E-state index contributed by atoms with van der Waals surface area (Å²) < 4.78 is 11.0. The number of ether oxygens (including phenoxy) is 2. The van der Waals surface area contributed by atoms with Crippen molar-refractivity contribution in [2.45, 2.75) is 58.6 Å². The molecule has 0 bridgehead atoms. The topological polar surface area (TPSA) is 58.1 Å². The lowest BCUT2D eigenvalue weighted by Gasteiger charge is -2.33. The van der Waals surface area contributed by atoms with Gasteiger partial charge in [-0.1, -0.05) is 11.6 Å². The van der Waals surface area contributed by atoms with Crippen molar-refractivity contribution in [2.75, 3.05) is 52.5 Å². The van der Waals surface area contributed by atoms with Gasteiger partial charge in [0, 0.05) is 38.8 Å². The summed E-state index contributed by atoms with van der Waals surface area (Å²) in [7, 11) is 0. The molecule has 7 heteroatoms. The number of rotatable bonds is 9. The van der Waals surface area contributed by atoms with Crippen molar-refractivity contribution < 1.29 is 9.47 Å². The predicted molar refractivity (Wildman–Crippen MR) is 123 cm³/mol. The highest BCUT2D eigenvalue weighted by molar-refractivity contribution is 14.0. The number of aliphatic imine (C=N–C) groups is 1. The van der Waals surface area contributed by atoms with Crippen LogP contribution in [-0.2, 0) is 9.47 Å². The predicted octanol–water partition coefficient (Wildman–Crippen LogP) is 2.79. The summed E-state index contributed by atoms with van der Waals surface area (Å²) in [6.45, 7) is 13.8. The Morgan fingerprint density at radius 1 is 1.37 bits per heavy atom. The van der Waals surface area contributed by atoms with E-state index in [1.165, 1.54) is 5.57 Å². The highest BCUT2D eigenvalue weighted by Crippen LogP contribution is 2.12. The summed E-state index contributed by atoms with van der Waals surface area (Å²) in [6.07, 6.45) is 6.94. The molecule has 0 amide bonds. The second-order valence-electron chi connectivity index (χ2n) is 7.38. The molecule has 6 nitrogen and oxygen atoms in total. The van der Waals surface area contributed by atoms with Crippen molar-refractivity contribution in [2.24, 2.45) is 4.99 Å². The molecular formula is C20H39IN4O2. The van der Waals surface area contributed by atoms with Crippen LogP contribution in [0.3, 0.4) is 0 Å². The number of nitrogens with one attached hydrogen (secondary N) is 2. The zero-order chi connectivity index (χ0) is 18.6. The van der Waals surface area contributed by atoms with Crippen LogP contribution in [0.15, 0.2) is 16.6 Å². The molecule has 2 N–H and O–H groups in total. The van der Waals surface area contributed by atoms with Crippen LogP contribution in [0.25, 0.3) is 0 Å². The minimum atomic E-state index is 0. The van der Waals surface area contributed by atoms with Crippen molar-refractivity contribution in [1.82, 2.24) is 15.5 Å². The third-order valence-corrected chi connectivity index (χ3v) is 4.89. The van der Waals surface area contributed by atoms with Crippen LogP contribution in [0.2, 0.25) is 0 Å². The Hall–Kier alpha value is -0.380. The number of piperidine rings is 1. The molecule has 0 spiro atoms. The lowest BCUT2D eigenvalue weighted by Crippen LogP contribution is -2.49. The zero-order valence-electron chi connectivity index (χ0n) is 17.3. The van der Waals surface area contributed by atoms with Crippen molar-refractivity contribution in [3.8, 4) is 0 Å². The van der Waals surface area contributed by atoms with Gasteiger partial charge in [-0.2, -0.15) is 0 Å². The largest absolute Gasteiger partial charge is 0.377 e. The van der Waals surface area contributed by atoms with Crippen LogP contribution in [0.1, 0.15) is 46.5 Å². The highest BCUT2D eigenvalue weighted by Gasteiger charge is 2.19. The second kappa shape index (κ2) is 14.6. The second-order valence-corrected chi connectivity index (χ2v) is 7.38. The van der Waals surface area contributed by atoms with E-state index in [0.29, 0.717) is 12.1 Å². The average molecular weight is 494 g/mol. The van der Waals surface area contributed by atoms with E-state index >= 15 is 0 Å². The summed E-state index contributed by atoms with van der Waals surface area (Å²) in [5.41, 5.74) is 1.48. The van der Waals surface area contributed by atoms with E-state index < -0.39 is 0 Å². The van der Waals surface area contributed by atoms with Gasteiger partial charge >= 0.3 is 0 Å². The Morgan fingerprint density at radius 3 is 2.78 bits per heavy atom. The molecule has 2 heterocycles. The van der Waals surface area contributed by atoms with Crippen LogP contribution in [0.5, 0.6) is 0 Å². The molecule has 0 aromatic heterocycles. The fourth-order valence-corrected chi connectivity index (χ4v) is 3.34. The van der Waals surface area contributed by atoms with Crippen molar-refractivity contribution in [3.05, 3.63) is 11.6 Å². The normalized spacial score (nSPS) is 19.6. The molecule has 2 rings (SSSR count). The number of halogens is 1. The Labute approximate surface area is 182 Å². The van der Waals surface area contributed by atoms with Gasteiger partial charge in [-0.05, 0) is 46.5 Å². The minimum Gasteiger partial charge on any atom is -0.377 e. The van der Waals surface area contributed by atoms with Gasteiger partial charge < -0.3 is 25.0 Å². The van der Waals surface area contributed by atoms with Crippen molar-refractivity contribution in [1.29, 1.82) is 0 Å². The molecule has 0 saturated carbocycles. The Morgan fingerprint density at radius 2 is 2.15 bits per heavy atom. The number of hydrogen-bond acceptors (Lipinski definition) is 4. The summed E-state index contributed by atoms with van der Waals surface area (Å²) >= 11 is 0. The molecule has 0 radical (unpaired) electrons. The van der Waals surface area contributed by atoms with E-state index in [4.69, 9.17) is 14.5 Å². The SMILES string of the molecule is CCNC(=NCCC1=CCOCC1)NC1CCN(CCOC(C)C)CC1.I. The van der Waals surface area contributed by atoms with Crippen LogP contribution >= 0.6 is 24.0 Å². The molecule has 1 fully saturated rings. The molecule has 2 aliphatic rings. The highest BCUT2D eigenvalue weighted by atomic mass is 127. The number of hydrogen-bond donors (Lipinski definition) is 2. The standard InChI is InChI=1S/C20H38N4O2.HI/c1-4-21-20(22-10-5-18-8-14-25-15-9-18)23-19-6-11-24(12-7-19)13-16-26-17(2)3;/h8,17,19H,4-7,9-16H2,1-3H3,(H2,21,22,23);1H. The molecule has 0 aromatic rings. The lowest BCUT2D eigenvalue weighted by molar-refractivity contribution is 0.0532. The fraction of sp³-hybridized carbons (Fsp3) is 0.850. The van der Waals surface area contributed by atoms with Crippen LogP contribution in [0, 0.1) is 0 Å². The number of nitrogens with zero attached hydrogens (tertiary/aromatic N) is 2. The monoisotopic (exact) mass is 494 g/mol. The van der Waals surface area contributed by atoms with E-state index in [9.17, 15) is 0 Å². The van der Waals surface area contributed by atoms with E-state index in [-0.39, 0.29) is 24.0 Å². The average Bonchev–Trinajstić information content (AvgIpc) is 2.64.